The normalized spacial score (nSPS) is 29.0. The number of ether oxygens (including phenoxy) is 1. The molecule has 0 radical (unpaired) electrons. The van der Waals surface area contributed by atoms with Gasteiger partial charge in [-0.25, -0.2) is 0 Å². The van der Waals surface area contributed by atoms with Crippen molar-refractivity contribution in [2.45, 2.75) is 51.9 Å². The van der Waals surface area contributed by atoms with Gasteiger partial charge in [0.2, 0.25) is 5.91 Å². The van der Waals surface area contributed by atoms with Crippen molar-refractivity contribution in [1.29, 1.82) is 0 Å². The van der Waals surface area contributed by atoms with Gasteiger partial charge in [-0.05, 0) is 50.6 Å². The molecule has 1 amide bonds. The minimum absolute atomic E-state index is 0.134. The number of rotatable bonds is 6. The Morgan fingerprint density at radius 1 is 1.33 bits per heavy atom. The van der Waals surface area contributed by atoms with Crippen LogP contribution in [0.3, 0.4) is 0 Å². The average molecular weight is 296 g/mol. The first-order valence-electron chi connectivity index (χ1n) is 8.60. The number of amides is 1. The molecule has 122 valence electrons. The van der Waals surface area contributed by atoms with Crippen molar-refractivity contribution in [3.05, 3.63) is 0 Å². The van der Waals surface area contributed by atoms with E-state index in [9.17, 15) is 4.79 Å². The SMILES string of the molecule is COCC1(CNC(=O)CC2CCCC(C)C2)CCNCC1. The molecule has 2 unspecified atom stereocenters. The van der Waals surface area contributed by atoms with Crippen LogP contribution in [0.25, 0.3) is 0 Å². The molecule has 4 heteroatoms. The maximum absolute atomic E-state index is 12.2. The van der Waals surface area contributed by atoms with Crippen LogP contribution >= 0.6 is 0 Å². The van der Waals surface area contributed by atoms with E-state index in [1.807, 2.05) is 0 Å². The molecule has 0 aromatic rings. The smallest absolute Gasteiger partial charge is 0.220 e. The molecule has 0 bridgehead atoms. The van der Waals surface area contributed by atoms with Gasteiger partial charge in [-0.2, -0.15) is 0 Å². The zero-order chi connectivity index (χ0) is 15.1. The Bertz CT molecular complexity index is 321. The lowest BCUT2D eigenvalue weighted by molar-refractivity contribution is -0.123. The van der Waals surface area contributed by atoms with Crippen LogP contribution < -0.4 is 10.6 Å². The molecule has 1 saturated heterocycles. The van der Waals surface area contributed by atoms with Crippen LogP contribution in [0.2, 0.25) is 0 Å². The van der Waals surface area contributed by atoms with E-state index in [-0.39, 0.29) is 11.3 Å². The highest BCUT2D eigenvalue weighted by atomic mass is 16.5. The van der Waals surface area contributed by atoms with E-state index >= 15 is 0 Å². The van der Waals surface area contributed by atoms with Crippen LogP contribution in [0.1, 0.15) is 51.9 Å². The highest BCUT2D eigenvalue weighted by molar-refractivity contribution is 5.76. The van der Waals surface area contributed by atoms with Gasteiger partial charge in [-0.15, -0.1) is 0 Å². The van der Waals surface area contributed by atoms with Crippen LogP contribution in [-0.2, 0) is 9.53 Å². The van der Waals surface area contributed by atoms with Crippen molar-refractivity contribution in [1.82, 2.24) is 10.6 Å². The summed E-state index contributed by atoms with van der Waals surface area (Å²) in [7, 11) is 1.76. The Morgan fingerprint density at radius 2 is 2.10 bits per heavy atom. The van der Waals surface area contributed by atoms with Crippen LogP contribution in [0.4, 0.5) is 0 Å². The van der Waals surface area contributed by atoms with Crippen molar-refractivity contribution in [2.75, 3.05) is 33.4 Å². The van der Waals surface area contributed by atoms with Crippen molar-refractivity contribution in [3.63, 3.8) is 0 Å². The molecule has 2 fully saturated rings. The Kier molecular flexibility index (Phi) is 6.49. The van der Waals surface area contributed by atoms with Gasteiger partial charge in [0.25, 0.3) is 0 Å². The summed E-state index contributed by atoms with van der Waals surface area (Å²) in [4.78, 5) is 12.2. The van der Waals surface area contributed by atoms with E-state index in [0.29, 0.717) is 12.3 Å². The van der Waals surface area contributed by atoms with Crippen molar-refractivity contribution >= 4 is 5.91 Å². The molecule has 1 saturated carbocycles. The molecule has 1 heterocycles. The summed E-state index contributed by atoms with van der Waals surface area (Å²) < 4.78 is 5.40. The lowest BCUT2D eigenvalue weighted by Crippen LogP contribution is -2.47. The second-order valence-corrected chi connectivity index (χ2v) is 7.30. The molecular weight excluding hydrogens is 264 g/mol. The van der Waals surface area contributed by atoms with Gasteiger partial charge in [-0.1, -0.05) is 19.8 Å². The minimum Gasteiger partial charge on any atom is -0.384 e. The number of piperidine rings is 1. The molecular formula is C17H32N2O2. The number of hydrogen-bond donors (Lipinski definition) is 2. The molecule has 0 aromatic carbocycles. The molecule has 0 spiro atoms. The number of hydrogen-bond acceptors (Lipinski definition) is 3. The molecule has 1 aliphatic heterocycles. The fraction of sp³-hybridized carbons (Fsp3) is 0.941. The van der Waals surface area contributed by atoms with E-state index < -0.39 is 0 Å². The minimum atomic E-state index is 0.134. The molecule has 2 rings (SSSR count). The Balaban J connectivity index is 1.76. The summed E-state index contributed by atoms with van der Waals surface area (Å²) in [5.41, 5.74) is 0.134. The summed E-state index contributed by atoms with van der Waals surface area (Å²) in [5, 5.41) is 6.58. The Hall–Kier alpha value is -0.610. The first-order chi connectivity index (χ1) is 10.1. The molecule has 2 atom stereocenters. The zero-order valence-electron chi connectivity index (χ0n) is 13.7. The second kappa shape index (κ2) is 8.14. The number of carbonyl (C=O) groups is 1. The van der Waals surface area contributed by atoms with E-state index in [2.05, 4.69) is 17.6 Å². The van der Waals surface area contributed by atoms with Crippen molar-refractivity contribution in [2.24, 2.45) is 17.3 Å². The van der Waals surface area contributed by atoms with Gasteiger partial charge in [-0.3, -0.25) is 4.79 Å². The first kappa shape index (κ1) is 16.8. The van der Waals surface area contributed by atoms with Crippen LogP contribution in [0, 0.1) is 17.3 Å². The molecule has 21 heavy (non-hydrogen) atoms. The van der Waals surface area contributed by atoms with Crippen LogP contribution in [0.5, 0.6) is 0 Å². The Labute approximate surface area is 129 Å². The van der Waals surface area contributed by atoms with Crippen molar-refractivity contribution < 1.29 is 9.53 Å². The summed E-state index contributed by atoms with van der Waals surface area (Å²) in [6.45, 7) is 5.88. The third-order valence-corrected chi connectivity index (χ3v) is 5.29. The van der Waals surface area contributed by atoms with Gasteiger partial charge in [0.05, 0.1) is 6.61 Å². The first-order valence-corrected chi connectivity index (χ1v) is 8.60. The molecule has 4 nitrogen and oxygen atoms in total. The lowest BCUT2D eigenvalue weighted by atomic mass is 9.79. The predicted molar refractivity (Wildman–Crippen MR) is 85.2 cm³/mol. The molecule has 2 N–H and O–H groups in total. The van der Waals surface area contributed by atoms with E-state index in [1.54, 1.807) is 7.11 Å². The topological polar surface area (TPSA) is 50.4 Å². The molecule has 2 aliphatic rings. The summed E-state index contributed by atoms with van der Waals surface area (Å²) in [6, 6.07) is 0. The fourth-order valence-corrected chi connectivity index (χ4v) is 4.00. The number of methoxy groups -OCH3 is 1. The number of nitrogens with one attached hydrogen (secondary N) is 2. The third kappa shape index (κ3) is 5.26. The zero-order valence-corrected chi connectivity index (χ0v) is 13.7. The van der Waals surface area contributed by atoms with E-state index in [1.165, 1.54) is 25.7 Å². The summed E-state index contributed by atoms with van der Waals surface area (Å²) in [6.07, 6.45) is 7.96. The standard InChI is InChI=1S/C17H32N2O2/c1-14-4-3-5-15(10-14)11-16(20)19-12-17(13-21-2)6-8-18-9-7-17/h14-15,18H,3-13H2,1-2H3,(H,19,20). The van der Waals surface area contributed by atoms with E-state index in [4.69, 9.17) is 4.74 Å². The second-order valence-electron chi connectivity index (χ2n) is 7.30. The van der Waals surface area contributed by atoms with Gasteiger partial charge in [0.1, 0.15) is 0 Å². The highest BCUT2D eigenvalue weighted by Crippen LogP contribution is 2.31. The molecule has 1 aliphatic carbocycles. The quantitative estimate of drug-likeness (QED) is 0.791. The van der Waals surface area contributed by atoms with Gasteiger partial charge in [0.15, 0.2) is 0 Å². The summed E-state index contributed by atoms with van der Waals surface area (Å²) in [5.74, 6) is 1.63. The highest BCUT2D eigenvalue weighted by Gasteiger charge is 2.32. The third-order valence-electron chi connectivity index (χ3n) is 5.29. The fourth-order valence-electron chi connectivity index (χ4n) is 4.00. The van der Waals surface area contributed by atoms with Crippen LogP contribution in [0.15, 0.2) is 0 Å². The predicted octanol–water partition coefficient (Wildman–Crippen LogP) is 2.34. The monoisotopic (exact) mass is 296 g/mol. The number of carbonyl (C=O) groups excluding carboxylic acids is 1. The maximum Gasteiger partial charge on any atom is 0.220 e. The van der Waals surface area contributed by atoms with Crippen LogP contribution in [-0.4, -0.2) is 39.3 Å². The van der Waals surface area contributed by atoms with Gasteiger partial charge >= 0.3 is 0 Å². The van der Waals surface area contributed by atoms with E-state index in [0.717, 1.165) is 45.0 Å². The van der Waals surface area contributed by atoms with Crippen molar-refractivity contribution in [3.8, 4) is 0 Å². The Morgan fingerprint density at radius 3 is 2.76 bits per heavy atom. The summed E-state index contributed by atoms with van der Waals surface area (Å²) >= 11 is 0. The molecule has 0 aromatic heterocycles. The average Bonchev–Trinajstić information content (AvgIpc) is 2.47. The lowest BCUT2D eigenvalue weighted by Gasteiger charge is -2.37. The largest absolute Gasteiger partial charge is 0.384 e. The maximum atomic E-state index is 12.2. The van der Waals surface area contributed by atoms with Gasteiger partial charge < -0.3 is 15.4 Å². The van der Waals surface area contributed by atoms with Gasteiger partial charge in [0, 0.05) is 25.5 Å².